The Morgan fingerprint density at radius 1 is 1.37 bits per heavy atom. The van der Waals surface area contributed by atoms with Crippen LogP contribution in [0.15, 0.2) is 30.5 Å². The highest BCUT2D eigenvalue weighted by Gasteiger charge is 2.09. The smallest absolute Gasteiger partial charge is 0.255 e. The molecule has 0 radical (unpaired) electrons. The van der Waals surface area contributed by atoms with E-state index in [-0.39, 0.29) is 5.91 Å². The fraction of sp³-hybridized carbons (Fsp3) is 0.286. The van der Waals surface area contributed by atoms with Crippen molar-refractivity contribution in [1.82, 2.24) is 9.78 Å². The maximum atomic E-state index is 12.1. The molecule has 0 fully saturated rings. The molecule has 0 aliphatic rings. The molecule has 0 aliphatic heterocycles. The predicted molar refractivity (Wildman–Crippen MR) is 75.1 cm³/mol. The number of carbonyl (C=O) groups is 1. The van der Waals surface area contributed by atoms with Crippen LogP contribution in [0.5, 0.6) is 0 Å². The first-order chi connectivity index (χ1) is 9.10. The van der Waals surface area contributed by atoms with Gasteiger partial charge in [0.05, 0.1) is 11.4 Å². The molecule has 2 aromatic rings. The minimum absolute atomic E-state index is 0.129. The van der Waals surface area contributed by atoms with Gasteiger partial charge in [-0.15, -0.1) is 0 Å². The number of anilines is 1. The van der Waals surface area contributed by atoms with Crippen molar-refractivity contribution in [1.29, 1.82) is 0 Å². The number of carbonyl (C=O) groups excluding carboxylic acids is 1. The van der Waals surface area contributed by atoms with Gasteiger partial charge in [0.2, 0.25) is 0 Å². The highest BCUT2D eigenvalue weighted by atomic mass is 16.1. The van der Waals surface area contributed by atoms with Gasteiger partial charge in [0.25, 0.3) is 5.91 Å². The molecule has 1 amide bonds. The van der Waals surface area contributed by atoms with E-state index in [0.717, 1.165) is 23.4 Å². The number of nitrogens with two attached hydrogens (primary N) is 1. The third kappa shape index (κ3) is 3.20. The summed E-state index contributed by atoms with van der Waals surface area (Å²) in [7, 11) is 1.82. The second-order valence-corrected chi connectivity index (χ2v) is 4.49. The number of nitrogens with zero attached hydrogens (tertiary/aromatic N) is 2. The number of rotatable bonds is 4. The fourth-order valence-corrected chi connectivity index (χ4v) is 1.91. The first-order valence-corrected chi connectivity index (χ1v) is 6.20. The third-order valence-corrected chi connectivity index (χ3v) is 2.91. The van der Waals surface area contributed by atoms with Gasteiger partial charge in [-0.05, 0) is 37.6 Å². The fourth-order valence-electron chi connectivity index (χ4n) is 1.91. The Bertz CT molecular complexity index is 572. The molecule has 100 valence electrons. The van der Waals surface area contributed by atoms with E-state index in [4.69, 9.17) is 5.73 Å². The lowest BCUT2D eigenvalue weighted by molar-refractivity contribution is 0.102. The van der Waals surface area contributed by atoms with Crippen LogP contribution >= 0.6 is 0 Å². The third-order valence-electron chi connectivity index (χ3n) is 2.91. The van der Waals surface area contributed by atoms with Crippen molar-refractivity contribution < 1.29 is 4.79 Å². The molecule has 0 bridgehead atoms. The van der Waals surface area contributed by atoms with E-state index >= 15 is 0 Å². The summed E-state index contributed by atoms with van der Waals surface area (Å²) in [4.78, 5) is 12.1. The van der Waals surface area contributed by atoms with Gasteiger partial charge in [-0.3, -0.25) is 9.48 Å². The SMILES string of the molecule is Cc1nn(C)cc1NC(=O)c1ccc(CCN)cc1. The van der Waals surface area contributed by atoms with Crippen LogP contribution in [0.25, 0.3) is 0 Å². The number of benzene rings is 1. The van der Waals surface area contributed by atoms with Crippen LogP contribution in [-0.4, -0.2) is 22.2 Å². The summed E-state index contributed by atoms with van der Waals surface area (Å²) in [5.41, 5.74) is 8.79. The molecule has 1 heterocycles. The van der Waals surface area contributed by atoms with Gasteiger partial charge in [-0.1, -0.05) is 12.1 Å². The van der Waals surface area contributed by atoms with Crippen molar-refractivity contribution >= 4 is 11.6 Å². The standard InChI is InChI=1S/C14H18N4O/c1-10-13(9-18(2)17-10)16-14(19)12-5-3-11(4-6-12)7-8-15/h3-6,9H,7-8,15H2,1-2H3,(H,16,19). The van der Waals surface area contributed by atoms with Crippen molar-refractivity contribution in [3.8, 4) is 0 Å². The summed E-state index contributed by atoms with van der Waals surface area (Å²) in [6.45, 7) is 2.47. The lowest BCUT2D eigenvalue weighted by Crippen LogP contribution is -2.12. The average molecular weight is 258 g/mol. The lowest BCUT2D eigenvalue weighted by Gasteiger charge is -2.05. The van der Waals surface area contributed by atoms with Crippen LogP contribution < -0.4 is 11.1 Å². The number of aromatic nitrogens is 2. The molecule has 0 atom stereocenters. The Kier molecular flexibility index (Phi) is 3.97. The Hall–Kier alpha value is -2.14. The van der Waals surface area contributed by atoms with Gasteiger partial charge >= 0.3 is 0 Å². The average Bonchev–Trinajstić information content (AvgIpc) is 2.69. The zero-order chi connectivity index (χ0) is 13.8. The quantitative estimate of drug-likeness (QED) is 0.872. The van der Waals surface area contributed by atoms with E-state index in [9.17, 15) is 4.79 Å². The van der Waals surface area contributed by atoms with E-state index in [0.29, 0.717) is 12.1 Å². The first kappa shape index (κ1) is 13.3. The van der Waals surface area contributed by atoms with Crippen molar-refractivity contribution in [3.05, 3.63) is 47.3 Å². The Morgan fingerprint density at radius 3 is 2.58 bits per heavy atom. The molecule has 1 aromatic heterocycles. The maximum Gasteiger partial charge on any atom is 0.255 e. The molecule has 1 aromatic carbocycles. The summed E-state index contributed by atoms with van der Waals surface area (Å²) in [6, 6.07) is 7.48. The minimum atomic E-state index is -0.129. The molecule has 5 heteroatoms. The molecular weight excluding hydrogens is 240 g/mol. The van der Waals surface area contributed by atoms with Crippen LogP contribution in [0.4, 0.5) is 5.69 Å². The van der Waals surface area contributed by atoms with Gasteiger partial charge in [-0.2, -0.15) is 5.10 Å². The molecule has 2 rings (SSSR count). The van der Waals surface area contributed by atoms with E-state index in [1.165, 1.54) is 0 Å². The second-order valence-electron chi connectivity index (χ2n) is 4.49. The zero-order valence-corrected chi connectivity index (χ0v) is 11.2. The van der Waals surface area contributed by atoms with Crippen LogP contribution in [0, 0.1) is 6.92 Å². The molecule has 0 aliphatic carbocycles. The Morgan fingerprint density at radius 2 is 2.05 bits per heavy atom. The summed E-state index contributed by atoms with van der Waals surface area (Å²) >= 11 is 0. The van der Waals surface area contributed by atoms with Crippen LogP contribution in [0.3, 0.4) is 0 Å². The number of nitrogens with one attached hydrogen (secondary N) is 1. The largest absolute Gasteiger partial charge is 0.330 e. The van der Waals surface area contributed by atoms with Gasteiger partial charge in [-0.25, -0.2) is 0 Å². The molecule has 5 nitrogen and oxygen atoms in total. The second kappa shape index (κ2) is 5.67. The molecular formula is C14H18N4O. The Labute approximate surface area is 112 Å². The van der Waals surface area contributed by atoms with Crippen LogP contribution in [-0.2, 0) is 13.5 Å². The molecule has 19 heavy (non-hydrogen) atoms. The monoisotopic (exact) mass is 258 g/mol. The Balaban J connectivity index is 2.09. The number of aryl methyl sites for hydroxylation is 2. The predicted octanol–water partition coefficient (Wildman–Crippen LogP) is 1.48. The van der Waals surface area contributed by atoms with E-state index in [2.05, 4.69) is 10.4 Å². The molecule has 0 saturated heterocycles. The zero-order valence-electron chi connectivity index (χ0n) is 11.2. The molecule has 0 saturated carbocycles. The number of amides is 1. The lowest BCUT2D eigenvalue weighted by atomic mass is 10.1. The van der Waals surface area contributed by atoms with E-state index in [1.807, 2.05) is 38.2 Å². The van der Waals surface area contributed by atoms with Crippen molar-refractivity contribution in [2.45, 2.75) is 13.3 Å². The maximum absolute atomic E-state index is 12.1. The highest BCUT2D eigenvalue weighted by molar-refractivity contribution is 6.04. The normalized spacial score (nSPS) is 10.5. The summed E-state index contributed by atoms with van der Waals surface area (Å²) in [5, 5.41) is 7.04. The van der Waals surface area contributed by atoms with Crippen molar-refractivity contribution in [3.63, 3.8) is 0 Å². The number of hydrogen-bond donors (Lipinski definition) is 2. The van der Waals surface area contributed by atoms with Crippen LogP contribution in [0.2, 0.25) is 0 Å². The van der Waals surface area contributed by atoms with Crippen LogP contribution in [0.1, 0.15) is 21.6 Å². The number of hydrogen-bond acceptors (Lipinski definition) is 3. The molecule has 3 N–H and O–H groups in total. The van der Waals surface area contributed by atoms with Crippen molar-refractivity contribution in [2.24, 2.45) is 12.8 Å². The van der Waals surface area contributed by atoms with Crippen molar-refractivity contribution in [2.75, 3.05) is 11.9 Å². The van der Waals surface area contributed by atoms with Gasteiger partial charge in [0, 0.05) is 18.8 Å². The van der Waals surface area contributed by atoms with Gasteiger partial charge < -0.3 is 11.1 Å². The van der Waals surface area contributed by atoms with E-state index < -0.39 is 0 Å². The van der Waals surface area contributed by atoms with E-state index in [1.54, 1.807) is 10.9 Å². The minimum Gasteiger partial charge on any atom is -0.330 e. The van der Waals surface area contributed by atoms with Gasteiger partial charge in [0.1, 0.15) is 0 Å². The molecule has 0 spiro atoms. The molecule has 0 unspecified atom stereocenters. The van der Waals surface area contributed by atoms with Gasteiger partial charge in [0.15, 0.2) is 0 Å². The highest BCUT2D eigenvalue weighted by Crippen LogP contribution is 2.13. The summed E-state index contributed by atoms with van der Waals surface area (Å²) in [5.74, 6) is -0.129. The summed E-state index contributed by atoms with van der Waals surface area (Å²) in [6.07, 6.45) is 2.61. The summed E-state index contributed by atoms with van der Waals surface area (Å²) < 4.78 is 1.68. The topological polar surface area (TPSA) is 72.9 Å². The first-order valence-electron chi connectivity index (χ1n) is 6.20.